The first-order chi connectivity index (χ1) is 11.8. The Morgan fingerprint density at radius 3 is 2.42 bits per heavy atom. The van der Waals surface area contributed by atoms with E-state index in [0.29, 0.717) is 18.4 Å². The lowest BCUT2D eigenvalue weighted by Gasteiger charge is -2.44. The summed E-state index contributed by atoms with van der Waals surface area (Å²) in [5.74, 6) is -1.55. The number of nitrogens with zero attached hydrogens (tertiary/aromatic N) is 1. The van der Waals surface area contributed by atoms with Gasteiger partial charge in [-0.1, -0.05) is 6.07 Å². The lowest BCUT2D eigenvalue weighted by atomic mass is 9.84. The molecule has 1 amide bonds. The maximum Gasteiger partial charge on any atom is 0.411 e. The molecular formula is C19H25BrFNO4. The Morgan fingerprint density at radius 2 is 1.92 bits per heavy atom. The molecule has 5 nitrogen and oxygen atoms in total. The molecule has 0 bridgehead atoms. The Balaban J connectivity index is 2.62. The highest BCUT2D eigenvalue weighted by molar-refractivity contribution is 9.10. The number of rotatable bonds is 3. The van der Waals surface area contributed by atoms with Crippen LogP contribution in [0.4, 0.5) is 9.18 Å². The molecule has 0 unspecified atom stereocenters. The van der Waals surface area contributed by atoms with Crippen LogP contribution in [0.15, 0.2) is 22.7 Å². The number of halogens is 2. The van der Waals surface area contributed by atoms with E-state index in [9.17, 15) is 19.1 Å². The number of carboxylic acid groups (broad SMARTS) is 1. The van der Waals surface area contributed by atoms with E-state index in [-0.39, 0.29) is 10.9 Å². The van der Waals surface area contributed by atoms with Crippen LogP contribution in [0.5, 0.6) is 0 Å². The quantitative estimate of drug-likeness (QED) is 0.728. The number of benzene rings is 1. The molecule has 1 saturated heterocycles. The number of aliphatic carboxylic acids is 1. The average Bonchev–Trinajstić information content (AvgIpc) is 2.71. The SMILES string of the molecule is CC(C)(C)OC(=O)N1C(C)(C)CC[C@]1(CC(=O)O)c1ccc(Br)c(F)c1. The number of likely N-dealkylation sites (tertiary alicyclic amines) is 1. The van der Waals surface area contributed by atoms with Crippen molar-refractivity contribution in [3.63, 3.8) is 0 Å². The Hall–Kier alpha value is -1.63. The van der Waals surface area contributed by atoms with Gasteiger partial charge in [-0.2, -0.15) is 0 Å². The number of carboxylic acids is 1. The van der Waals surface area contributed by atoms with E-state index in [1.165, 1.54) is 17.0 Å². The van der Waals surface area contributed by atoms with Crippen molar-refractivity contribution in [1.29, 1.82) is 0 Å². The Bertz CT molecular complexity index is 729. The number of carbonyl (C=O) groups excluding carboxylic acids is 1. The van der Waals surface area contributed by atoms with Crippen LogP contribution in [0, 0.1) is 5.82 Å². The third kappa shape index (κ3) is 4.03. The molecule has 7 heteroatoms. The Labute approximate surface area is 161 Å². The molecular weight excluding hydrogens is 405 g/mol. The molecule has 0 aromatic heterocycles. The van der Waals surface area contributed by atoms with Crippen LogP contribution in [0.1, 0.15) is 59.4 Å². The number of amides is 1. The topological polar surface area (TPSA) is 66.8 Å². The van der Waals surface area contributed by atoms with E-state index in [0.717, 1.165) is 0 Å². The standard InChI is InChI=1S/C19H25BrFNO4/c1-17(2,3)26-16(25)22-18(4,5)8-9-19(22,11-15(23)24)12-6-7-13(20)14(21)10-12/h6-7,10H,8-9,11H2,1-5H3,(H,23,24)/t19-/m0/s1. The molecule has 0 aliphatic carbocycles. The summed E-state index contributed by atoms with van der Waals surface area (Å²) in [6, 6.07) is 4.49. The zero-order valence-electron chi connectivity index (χ0n) is 15.7. The fourth-order valence-electron chi connectivity index (χ4n) is 3.62. The number of ether oxygens (including phenoxy) is 1. The van der Waals surface area contributed by atoms with Gasteiger partial charge in [-0.15, -0.1) is 0 Å². The molecule has 26 heavy (non-hydrogen) atoms. The van der Waals surface area contributed by atoms with Crippen LogP contribution < -0.4 is 0 Å². The second kappa shape index (κ2) is 6.83. The summed E-state index contributed by atoms with van der Waals surface area (Å²) in [6.07, 6.45) is 0.0742. The highest BCUT2D eigenvalue weighted by Gasteiger charge is 2.56. The van der Waals surface area contributed by atoms with Crippen molar-refractivity contribution in [2.24, 2.45) is 0 Å². The van der Waals surface area contributed by atoms with Crippen molar-refractivity contribution in [3.05, 3.63) is 34.1 Å². The number of carbonyl (C=O) groups is 2. The van der Waals surface area contributed by atoms with Gasteiger partial charge in [0.1, 0.15) is 11.4 Å². The summed E-state index contributed by atoms with van der Waals surface area (Å²) in [5.41, 5.74) is -2.06. The van der Waals surface area contributed by atoms with E-state index in [2.05, 4.69) is 15.9 Å². The first kappa shape index (κ1) is 20.7. The Morgan fingerprint density at radius 1 is 1.31 bits per heavy atom. The van der Waals surface area contributed by atoms with Crippen LogP contribution in [0.25, 0.3) is 0 Å². The molecule has 1 atom stereocenters. The summed E-state index contributed by atoms with van der Waals surface area (Å²) < 4.78 is 20.0. The van der Waals surface area contributed by atoms with Crippen LogP contribution in [0.3, 0.4) is 0 Å². The maximum absolute atomic E-state index is 14.2. The fourth-order valence-corrected chi connectivity index (χ4v) is 3.87. The monoisotopic (exact) mass is 429 g/mol. The van der Waals surface area contributed by atoms with Crippen molar-refractivity contribution < 1.29 is 23.8 Å². The third-order valence-corrected chi connectivity index (χ3v) is 5.30. The van der Waals surface area contributed by atoms with Gasteiger partial charge in [-0.25, -0.2) is 9.18 Å². The summed E-state index contributed by atoms with van der Waals surface area (Å²) in [6.45, 7) is 9.01. The Kier molecular flexibility index (Phi) is 5.43. The smallest absolute Gasteiger partial charge is 0.411 e. The molecule has 1 fully saturated rings. The number of hydrogen-bond acceptors (Lipinski definition) is 3. The fraction of sp³-hybridized carbons (Fsp3) is 0.579. The van der Waals surface area contributed by atoms with Crippen LogP contribution >= 0.6 is 15.9 Å². The molecule has 1 aliphatic rings. The summed E-state index contributed by atoms with van der Waals surface area (Å²) >= 11 is 3.12. The van der Waals surface area contributed by atoms with Crippen molar-refractivity contribution in [2.45, 2.75) is 70.6 Å². The third-order valence-electron chi connectivity index (χ3n) is 4.66. The second-order valence-electron chi connectivity index (χ2n) is 8.36. The van der Waals surface area contributed by atoms with E-state index < -0.39 is 34.6 Å². The minimum atomic E-state index is -1.17. The van der Waals surface area contributed by atoms with Gasteiger partial charge in [0.05, 0.1) is 16.4 Å². The summed E-state index contributed by atoms with van der Waals surface area (Å²) in [7, 11) is 0. The maximum atomic E-state index is 14.2. The van der Waals surface area contributed by atoms with Crippen molar-refractivity contribution in [3.8, 4) is 0 Å². The molecule has 0 spiro atoms. The lowest BCUT2D eigenvalue weighted by molar-refractivity contribution is -0.140. The molecule has 1 heterocycles. The largest absolute Gasteiger partial charge is 0.481 e. The summed E-state index contributed by atoms with van der Waals surface area (Å²) in [5, 5.41) is 9.54. The predicted molar refractivity (Wildman–Crippen MR) is 99.4 cm³/mol. The van der Waals surface area contributed by atoms with Crippen molar-refractivity contribution >= 4 is 28.0 Å². The first-order valence-corrected chi connectivity index (χ1v) is 9.28. The molecule has 1 aromatic rings. The van der Waals surface area contributed by atoms with Gasteiger partial charge in [0.2, 0.25) is 0 Å². The zero-order chi connectivity index (χ0) is 19.9. The average molecular weight is 430 g/mol. The first-order valence-electron chi connectivity index (χ1n) is 8.49. The van der Waals surface area contributed by atoms with E-state index in [1.807, 2.05) is 13.8 Å². The van der Waals surface area contributed by atoms with Crippen molar-refractivity contribution in [2.75, 3.05) is 0 Å². The molecule has 1 aromatic carbocycles. The van der Waals surface area contributed by atoms with Gasteiger partial charge >= 0.3 is 12.1 Å². The van der Waals surface area contributed by atoms with Gasteiger partial charge < -0.3 is 9.84 Å². The molecule has 2 rings (SSSR count). The van der Waals surface area contributed by atoms with E-state index in [1.54, 1.807) is 26.8 Å². The summed E-state index contributed by atoms with van der Waals surface area (Å²) in [4.78, 5) is 26.2. The zero-order valence-corrected chi connectivity index (χ0v) is 17.3. The van der Waals surface area contributed by atoms with E-state index in [4.69, 9.17) is 4.74 Å². The van der Waals surface area contributed by atoms with Gasteiger partial charge in [0.15, 0.2) is 0 Å². The molecule has 0 radical (unpaired) electrons. The molecule has 144 valence electrons. The predicted octanol–water partition coefficient (Wildman–Crippen LogP) is 5.07. The normalized spacial score (nSPS) is 22.3. The van der Waals surface area contributed by atoms with Crippen molar-refractivity contribution in [1.82, 2.24) is 4.90 Å². The van der Waals surface area contributed by atoms with Gasteiger partial charge in [-0.3, -0.25) is 9.69 Å². The lowest BCUT2D eigenvalue weighted by Crippen LogP contribution is -2.55. The minimum absolute atomic E-state index is 0.285. The van der Waals surface area contributed by atoms with Gasteiger partial charge in [0.25, 0.3) is 0 Å². The highest BCUT2D eigenvalue weighted by atomic mass is 79.9. The second-order valence-corrected chi connectivity index (χ2v) is 9.21. The molecule has 0 saturated carbocycles. The highest BCUT2D eigenvalue weighted by Crippen LogP contribution is 2.50. The van der Waals surface area contributed by atoms with Gasteiger partial charge in [-0.05, 0) is 81.1 Å². The number of hydrogen-bond donors (Lipinski definition) is 1. The van der Waals surface area contributed by atoms with Crippen LogP contribution in [-0.4, -0.2) is 33.2 Å². The van der Waals surface area contributed by atoms with E-state index >= 15 is 0 Å². The van der Waals surface area contributed by atoms with Crippen LogP contribution in [0.2, 0.25) is 0 Å². The molecule has 1 aliphatic heterocycles. The van der Waals surface area contributed by atoms with Crippen LogP contribution in [-0.2, 0) is 15.1 Å². The van der Waals surface area contributed by atoms with Gasteiger partial charge in [0, 0.05) is 5.54 Å². The minimum Gasteiger partial charge on any atom is -0.481 e. The molecule has 1 N–H and O–H groups in total.